The molecule has 0 bridgehead atoms. The van der Waals surface area contributed by atoms with Gasteiger partial charge in [0.25, 0.3) is 0 Å². The molecule has 0 aliphatic heterocycles. The lowest BCUT2D eigenvalue weighted by Crippen LogP contribution is -2.02. The first kappa shape index (κ1) is 16.6. The highest BCUT2D eigenvalue weighted by Crippen LogP contribution is 2.05. The van der Waals surface area contributed by atoms with Gasteiger partial charge in [-0.25, -0.2) is 4.79 Å². The fourth-order valence-corrected chi connectivity index (χ4v) is 0.930. The lowest BCUT2D eigenvalue weighted by molar-refractivity contribution is -0.131. The van der Waals surface area contributed by atoms with Gasteiger partial charge in [-0.2, -0.15) is 0 Å². The van der Waals surface area contributed by atoms with Gasteiger partial charge in [0, 0.05) is 6.08 Å². The summed E-state index contributed by atoms with van der Waals surface area (Å²) < 4.78 is 0. The molecule has 0 rings (SSSR count). The van der Waals surface area contributed by atoms with Crippen molar-refractivity contribution in [3.05, 3.63) is 12.7 Å². The molecule has 3 N–H and O–H groups in total. The van der Waals surface area contributed by atoms with E-state index in [4.69, 9.17) is 15.3 Å². The first-order valence-electron chi connectivity index (χ1n) is 5.26. The summed E-state index contributed by atoms with van der Waals surface area (Å²) in [5.41, 5.74) is 0. The van der Waals surface area contributed by atoms with Crippen LogP contribution in [-0.4, -0.2) is 27.6 Å². The smallest absolute Gasteiger partial charge is 0.327 e. The van der Waals surface area contributed by atoms with Crippen LogP contribution in [0, 0.1) is 0 Å². The number of aliphatic carboxylic acids is 1. The van der Waals surface area contributed by atoms with Crippen molar-refractivity contribution in [2.24, 2.45) is 0 Å². The number of carboxylic acids is 1. The van der Waals surface area contributed by atoms with Crippen molar-refractivity contribution >= 4 is 5.97 Å². The van der Waals surface area contributed by atoms with E-state index in [1.807, 2.05) is 0 Å². The van der Waals surface area contributed by atoms with E-state index in [1.54, 1.807) is 0 Å². The van der Waals surface area contributed by atoms with E-state index in [9.17, 15) is 4.79 Å². The zero-order valence-electron chi connectivity index (χ0n) is 9.35. The van der Waals surface area contributed by atoms with Crippen molar-refractivity contribution in [3.8, 4) is 0 Å². The summed E-state index contributed by atoms with van der Waals surface area (Å²) in [5.74, 6) is -0.981. The van der Waals surface area contributed by atoms with Crippen LogP contribution in [0.4, 0.5) is 0 Å². The second kappa shape index (κ2) is 13.1. The van der Waals surface area contributed by atoms with Gasteiger partial charge >= 0.3 is 5.97 Å². The monoisotopic (exact) mass is 218 g/mol. The van der Waals surface area contributed by atoms with Gasteiger partial charge in [0.05, 0.1) is 0 Å². The Balaban J connectivity index is 0. The number of hydrogen-bond donors (Lipinski definition) is 3. The third-order valence-electron chi connectivity index (χ3n) is 1.74. The van der Waals surface area contributed by atoms with Gasteiger partial charge < -0.3 is 15.3 Å². The first-order valence-corrected chi connectivity index (χ1v) is 5.26. The zero-order valence-corrected chi connectivity index (χ0v) is 9.35. The molecule has 0 spiro atoms. The van der Waals surface area contributed by atoms with Crippen LogP contribution in [0.2, 0.25) is 0 Å². The Morgan fingerprint density at radius 3 is 2.07 bits per heavy atom. The summed E-state index contributed by atoms with van der Waals surface area (Å²) in [7, 11) is 0. The van der Waals surface area contributed by atoms with Crippen LogP contribution >= 0.6 is 0 Å². The highest BCUT2D eigenvalue weighted by molar-refractivity contribution is 5.78. The van der Waals surface area contributed by atoms with E-state index in [-0.39, 0.29) is 0 Å². The molecule has 0 heterocycles. The van der Waals surface area contributed by atoms with Crippen molar-refractivity contribution in [1.29, 1.82) is 0 Å². The van der Waals surface area contributed by atoms with Crippen LogP contribution in [0.25, 0.3) is 0 Å². The minimum atomic E-state index is -1.10. The molecule has 0 aromatic heterocycles. The molecule has 0 aliphatic carbocycles. The van der Waals surface area contributed by atoms with Crippen molar-refractivity contribution in [1.82, 2.24) is 0 Å². The lowest BCUT2D eigenvalue weighted by Gasteiger charge is -2.01. The normalized spacial score (nSPS) is 9.33. The quantitative estimate of drug-likeness (QED) is 0.346. The topological polar surface area (TPSA) is 77.8 Å². The average molecular weight is 218 g/mol. The number of aliphatic hydroxyl groups is 2. The van der Waals surface area contributed by atoms with Gasteiger partial charge in [-0.05, 0) is 12.8 Å². The van der Waals surface area contributed by atoms with E-state index in [0.717, 1.165) is 18.9 Å². The van der Waals surface area contributed by atoms with E-state index in [0.29, 0.717) is 6.42 Å². The Labute approximate surface area is 91.2 Å². The molecule has 0 amide bonds. The van der Waals surface area contributed by atoms with E-state index < -0.39 is 12.3 Å². The van der Waals surface area contributed by atoms with Gasteiger partial charge in [0.15, 0.2) is 6.29 Å². The van der Waals surface area contributed by atoms with E-state index in [1.165, 1.54) is 19.3 Å². The third kappa shape index (κ3) is 24.6. The number of aliphatic hydroxyl groups excluding tert-OH is 1. The molecular weight excluding hydrogens is 196 g/mol. The molecule has 15 heavy (non-hydrogen) atoms. The molecular formula is C11H22O4. The molecule has 4 heteroatoms. The van der Waals surface area contributed by atoms with Gasteiger partial charge in [0.2, 0.25) is 0 Å². The third-order valence-corrected chi connectivity index (χ3v) is 1.74. The summed E-state index contributed by atoms with van der Waals surface area (Å²) in [6.45, 7) is 5.13. The minimum Gasteiger partial charge on any atom is -0.478 e. The number of carboxylic acid groups (broad SMARTS) is 1. The molecule has 0 fully saturated rings. The fraction of sp³-hybridized carbons (Fsp3) is 0.727. The largest absolute Gasteiger partial charge is 0.478 e. The van der Waals surface area contributed by atoms with Crippen LogP contribution in [0.5, 0.6) is 0 Å². The van der Waals surface area contributed by atoms with Crippen molar-refractivity contribution in [3.63, 3.8) is 0 Å². The number of unbranched alkanes of at least 4 members (excludes halogenated alkanes) is 4. The maximum atomic E-state index is 9.25. The molecule has 0 saturated heterocycles. The summed E-state index contributed by atoms with van der Waals surface area (Å²) in [4.78, 5) is 9.25. The summed E-state index contributed by atoms with van der Waals surface area (Å²) in [6, 6.07) is 0. The molecule has 0 saturated carbocycles. The number of hydrogen-bond acceptors (Lipinski definition) is 3. The molecule has 0 aromatic carbocycles. The molecule has 4 nitrogen and oxygen atoms in total. The summed E-state index contributed by atoms with van der Waals surface area (Å²) in [5, 5.41) is 24.5. The van der Waals surface area contributed by atoms with E-state index >= 15 is 0 Å². The van der Waals surface area contributed by atoms with Crippen molar-refractivity contribution in [2.45, 2.75) is 51.7 Å². The average Bonchev–Trinajstić information content (AvgIpc) is 2.18. The van der Waals surface area contributed by atoms with Gasteiger partial charge in [0.1, 0.15) is 0 Å². The molecule has 90 valence electrons. The van der Waals surface area contributed by atoms with Crippen LogP contribution in [0.3, 0.4) is 0 Å². The Kier molecular flexibility index (Phi) is 14.5. The van der Waals surface area contributed by atoms with Crippen molar-refractivity contribution in [2.75, 3.05) is 0 Å². The highest BCUT2D eigenvalue weighted by atomic mass is 16.5. The predicted molar refractivity (Wildman–Crippen MR) is 59.4 cm³/mol. The predicted octanol–water partition coefficient (Wildman–Crippen LogP) is 1.91. The maximum Gasteiger partial charge on any atom is 0.327 e. The first-order chi connectivity index (χ1) is 7.04. The van der Waals surface area contributed by atoms with Crippen LogP contribution in [0.15, 0.2) is 12.7 Å². The number of rotatable bonds is 7. The Morgan fingerprint density at radius 1 is 1.27 bits per heavy atom. The second-order valence-corrected chi connectivity index (χ2v) is 3.23. The maximum absolute atomic E-state index is 9.25. The lowest BCUT2D eigenvalue weighted by atomic mass is 10.1. The zero-order chi connectivity index (χ0) is 12.1. The fourth-order valence-electron chi connectivity index (χ4n) is 0.930. The van der Waals surface area contributed by atoms with Crippen LogP contribution in [0.1, 0.15) is 45.4 Å². The molecule has 0 atom stereocenters. The van der Waals surface area contributed by atoms with Gasteiger partial charge in [-0.3, -0.25) is 0 Å². The van der Waals surface area contributed by atoms with Crippen LogP contribution < -0.4 is 0 Å². The molecule has 0 aromatic rings. The van der Waals surface area contributed by atoms with Crippen molar-refractivity contribution < 1.29 is 20.1 Å². The van der Waals surface area contributed by atoms with Crippen LogP contribution in [-0.2, 0) is 4.79 Å². The minimum absolute atomic E-state index is 0.531. The SMILES string of the molecule is C=CC(=O)O.CCCCCCCC(O)O. The Morgan fingerprint density at radius 2 is 1.73 bits per heavy atom. The highest BCUT2D eigenvalue weighted by Gasteiger charge is 1.95. The Bertz CT molecular complexity index is 155. The Hall–Kier alpha value is -0.870. The van der Waals surface area contributed by atoms with Gasteiger partial charge in [-0.1, -0.05) is 39.2 Å². The van der Waals surface area contributed by atoms with Gasteiger partial charge in [-0.15, -0.1) is 0 Å². The summed E-state index contributed by atoms with van der Waals surface area (Å²) >= 11 is 0. The molecule has 0 aliphatic rings. The molecule has 0 radical (unpaired) electrons. The standard InChI is InChI=1S/C8H18O2.C3H4O2/c1-2-3-4-5-6-7-8(9)10;1-2-3(4)5/h8-10H,2-7H2,1H3;2H,1H2,(H,4,5). The molecule has 0 unspecified atom stereocenters. The van der Waals surface area contributed by atoms with E-state index in [2.05, 4.69) is 13.5 Å². The number of carbonyl (C=O) groups is 1. The summed E-state index contributed by atoms with van der Waals surface area (Å²) in [6.07, 6.45) is 6.07. The second-order valence-electron chi connectivity index (χ2n) is 3.23.